The van der Waals surface area contributed by atoms with Crippen molar-refractivity contribution in [2.24, 2.45) is 0 Å². The van der Waals surface area contributed by atoms with Crippen LogP contribution in [0.4, 0.5) is 27.8 Å². The van der Waals surface area contributed by atoms with Crippen LogP contribution in [0, 0.1) is 6.92 Å². The van der Waals surface area contributed by atoms with Crippen LogP contribution in [0.25, 0.3) is 10.9 Å². The summed E-state index contributed by atoms with van der Waals surface area (Å²) < 4.78 is 66.5. The second-order valence-corrected chi connectivity index (χ2v) is 9.89. The first-order valence-corrected chi connectivity index (χ1v) is 12.5. The van der Waals surface area contributed by atoms with Gasteiger partial charge in [-0.3, -0.25) is 9.69 Å². The van der Waals surface area contributed by atoms with Crippen molar-refractivity contribution in [1.29, 1.82) is 0 Å². The zero-order chi connectivity index (χ0) is 27.1. The van der Waals surface area contributed by atoms with Crippen LogP contribution in [-0.4, -0.2) is 57.4 Å². The Morgan fingerprint density at radius 1 is 1.11 bits per heavy atom. The number of anilines is 1. The fourth-order valence-electron chi connectivity index (χ4n) is 4.69. The first kappa shape index (κ1) is 26.2. The van der Waals surface area contributed by atoms with Crippen LogP contribution < -0.4 is 10.6 Å². The molecule has 1 aliphatic heterocycles. The minimum absolute atomic E-state index is 0.0164. The molecule has 2 aliphatic rings. The molecule has 1 amide bonds. The molecule has 1 unspecified atom stereocenters. The summed E-state index contributed by atoms with van der Waals surface area (Å²) in [5, 5.41) is 6.86. The molecule has 12 heteroatoms. The summed E-state index contributed by atoms with van der Waals surface area (Å²) in [7, 11) is 0. The molecule has 38 heavy (non-hydrogen) atoms. The standard InChI is InChI=1S/C26H27F5N6O/c1-15-2-6-19-18(5-7-21(36-19)35-17-3-4-17)22(15)23(38)32-14-20(37-10-8-25(27,28)9-11-37)16-12-33-24(34-13-16)26(29,30)31/h2,5-7,12-13,17,20H,3-4,8-11,14H2,1H3,(H,32,38)(H,35,36). The highest BCUT2D eigenvalue weighted by atomic mass is 19.4. The molecule has 7 nitrogen and oxygen atoms in total. The molecule has 1 aromatic carbocycles. The van der Waals surface area contributed by atoms with Crippen LogP contribution in [0.15, 0.2) is 36.7 Å². The molecule has 1 saturated carbocycles. The zero-order valence-corrected chi connectivity index (χ0v) is 20.7. The Morgan fingerprint density at radius 3 is 2.42 bits per heavy atom. The number of fused-ring (bicyclic) bond motifs is 1. The predicted molar refractivity (Wildman–Crippen MR) is 131 cm³/mol. The van der Waals surface area contributed by atoms with E-state index in [2.05, 4.69) is 25.6 Å². The number of pyridine rings is 1. The highest BCUT2D eigenvalue weighted by Crippen LogP contribution is 2.33. The van der Waals surface area contributed by atoms with Gasteiger partial charge in [0.15, 0.2) is 0 Å². The molecule has 3 heterocycles. The van der Waals surface area contributed by atoms with Gasteiger partial charge in [0, 0.05) is 61.9 Å². The lowest BCUT2D eigenvalue weighted by Crippen LogP contribution is -2.45. The fourth-order valence-corrected chi connectivity index (χ4v) is 4.69. The van der Waals surface area contributed by atoms with Crippen LogP contribution in [-0.2, 0) is 6.18 Å². The van der Waals surface area contributed by atoms with Crippen LogP contribution in [0.1, 0.15) is 59.0 Å². The molecule has 2 aromatic heterocycles. The zero-order valence-electron chi connectivity index (χ0n) is 20.7. The molecule has 3 aromatic rings. The molecule has 202 valence electrons. The van der Waals surface area contributed by atoms with Gasteiger partial charge in [-0.05, 0) is 43.5 Å². The first-order chi connectivity index (χ1) is 18.0. The third-order valence-electron chi connectivity index (χ3n) is 6.97. The third kappa shape index (κ3) is 5.85. The van der Waals surface area contributed by atoms with Crippen molar-refractivity contribution in [1.82, 2.24) is 25.2 Å². The van der Waals surface area contributed by atoms with Gasteiger partial charge in [-0.2, -0.15) is 13.2 Å². The number of halogens is 5. The second-order valence-electron chi connectivity index (χ2n) is 9.89. The number of carbonyl (C=O) groups is 1. The Balaban J connectivity index is 1.38. The number of aromatic nitrogens is 3. The van der Waals surface area contributed by atoms with E-state index in [-0.39, 0.29) is 32.5 Å². The SMILES string of the molecule is Cc1ccc2nc(NC3CC3)ccc2c1C(=O)NCC(c1cnc(C(F)(F)F)nc1)N1CCC(F)(F)CC1. The Hall–Kier alpha value is -3.41. The van der Waals surface area contributed by atoms with E-state index in [0.717, 1.165) is 36.6 Å². The van der Waals surface area contributed by atoms with Crippen LogP contribution in [0.2, 0.25) is 0 Å². The third-order valence-corrected chi connectivity index (χ3v) is 6.97. The minimum Gasteiger partial charge on any atom is -0.367 e. The average molecular weight is 535 g/mol. The van der Waals surface area contributed by atoms with Crippen molar-refractivity contribution >= 4 is 22.6 Å². The number of nitrogens with one attached hydrogen (secondary N) is 2. The van der Waals surface area contributed by atoms with Gasteiger partial charge in [0.1, 0.15) is 5.82 Å². The molecule has 2 fully saturated rings. The van der Waals surface area contributed by atoms with Crippen LogP contribution >= 0.6 is 0 Å². The molecule has 5 rings (SSSR count). The summed E-state index contributed by atoms with van der Waals surface area (Å²) in [6.45, 7) is 1.81. The van der Waals surface area contributed by atoms with Crippen molar-refractivity contribution in [2.75, 3.05) is 25.0 Å². The molecule has 0 spiro atoms. The first-order valence-electron chi connectivity index (χ1n) is 12.5. The fraction of sp³-hybridized carbons (Fsp3) is 0.462. The van der Waals surface area contributed by atoms with Gasteiger partial charge >= 0.3 is 6.18 Å². The number of carbonyl (C=O) groups excluding carboxylic acids is 1. The number of alkyl halides is 5. The molecule has 1 atom stereocenters. The largest absolute Gasteiger partial charge is 0.451 e. The lowest BCUT2D eigenvalue weighted by atomic mass is 10.00. The van der Waals surface area contributed by atoms with E-state index in [1.807, 2.05) is 18.2 Å². The van der Waals surface area contributed by atoms with Crippen LogP contribution in [0.3, 0.4) is 0 Å². The van der Waals surface area contributed by atoms with E-state index in [9.17, 15) is 26.7 Å². The number of hydrogen-bond acceptors (Lipinski definition) is 6. The van der Waals surface area contributed by atoms with E-state index >= 15 is 0 Å². The lowest BCUT2D eigenvalue weighted by Gasteiger charge is -2.37. The van der Waals surface area contributed by atoms with Gasteiger partial charge in [-0.1, -0.05) is 6.07 Å². The Kier molecular flexibility index (Phi) is 6.93. The highest BCUT2D eigenvalue weighted by Gasteiger charge is 2.38. The Bertz CT molecular complexity index is 1320. The maximum Gasteiger partial charge on any atom is 0.451 e. The monoisotopic (exact) mass is 534 g/mol. The van der Waals surface area contributed by atoms with Gasteiger partial charge in [0.2, 0.25) is 5.82 Å². The number of benzene rings is 1. The van der Waals surface area contributed by atoms with Gasteiger partial charge in [-0.15, -0.1) is 0 Å². The van der Waals surface area contributed by atoms with Gasteiger partial charge in [-0.25, -0.2) is 23.7 Å². The van der Waals surface area contributed by atoms with E-state index < -0.39 is 29.9 Å². The number of nitrogens with zero attached hydrogens (tertiary/aromatic N) is 4. The lowest BCUT2D eigenvalue weighted by molar-refractivity contribution is -0.145. The summed E-state index contributed by atoms with van der Waals surface area (Å²) in [6, 6.07) is 7.05. The number of amides is 1. The Labute approximate surface area is 215 Å². The molecule has 0 radical (unpaired) electrons. The molecule has 1 saturated heterocycles. The number of hydrogen-bond donors (Lipinski definition) is 2. The van der Waals surface area contributed by atoms with E-state index in [1.54, 1.807) is 17.9 Å². The van der Waals surface area contributed by atoms with Crippen molar-refractivity contribution in [2.45, 2.75) is 56.8 Å². The van der Waals surface area contributed by atoms with E-state index in [0.29, 0.717) is 28.1 Å². The molecule has 1 aliphatic carbocycles. The summed E-state index contributed by atoms with van der Waals surface area (Å²) in [5.41, 5.74) is 2.11. The quantitative estimate of drug-likeness (QED) is 0.409. The smallest absolute Gasteiger partial charge is 0.367 e. The maximum atomic E-state index is 13.8. The van der Waals surface area contributed by atoms with E-state index in [4.69, 9.17) is 0 Å². The van der Waals surface area contributed by atoms with Crippen molar-refractivity contribution in [3.05, 3.63) is 59.2 Å². The predicted octanol–water partition coefficient (Wildman–Crippen LogP) is 5.13. The number of rotatable bonds is 7. The molecule has 2 N–H and O–H groups in total. The van der Waals surface area contributed by atoms with Crippen molar-refractivity contribution in [3.63, 3.8) is 0 Å². The van der Waals surface area contributed by atoms with Crippen molar-refractivity contribution in [3.8, 4) is 0 Å². The second kappa shape index (κ2) is 10.0. The van der Waals surface area contributed by atoms with E-state index in [1.165, 1.54) is 0 Å². The number of piperidine rings is 1. The van der Waals surface area contributed by atoms with Gasteiger partial charge in [0.25, 0.3) is 11.8 Å². The summed E-state index contributed by atoms with van der Waals surface area (Å²) >= 11 is 0. The summed E-state index contributed by atoms with van der Waals surface area (Å²) in [4.78, 5) is 26.6. The minimum atomic E-state index is -4.70. The van der Waals surface area contributed by atoms with Gasteiger partial charge in [0.05, 0.1) is 17.1 Å². The molecular weight excluding hydrogens is 507 g/mol. The molecule has 0 bridgehead atoms. The summed E-state index contributed by atoms with van der Waals surface area (Å²) in [5.74, 6) is -3.75. The number of aryl methyl sites for hydroxylation is 1. The molecular formula is C26H27F5N6O. The summed E-state index contributed by atoms with van der Waals surface area (Å²) in [6.07, 6.45) is -1.19. The number of likely N-dealkylation sites (tertiary alicyclic amines) is 1. The topological polar surface area (TPSA) is 83.0 Å². The Morgan fingerprint density at radius 2 is 1.79 bits per heavy atom. The van der Waals surface area contributed by atoms with Gasteiger partial charge < -0.3 is 10.6 Å². The highest BCUT2D eigenvalue weighted by molar-refractivity contribution is 6.07. The van der Waals surface area contributed by atoms with Crippen LogP contribution in [0.5, 0.6) is 0 Å². The normalized spacial score (nSPS) is 18.8. The van der Waals surface area contributed by atoms with Crippen molar-refractivity contribution < 1.29 is 26.7 Å². The maximum absolute atomic E-state index is 13.8. The average Bonchev–Trinajstić information content (AvgIpc) is 3.68.